The van der Waals surface area contributed by atoms with E-state index in [1.54, 1.807) is 6.07 Å². The Morgan fingerprint density at radius 2 is 1.82 bits per heavy atom. The Morgan fingerprint density at radius 3 is 2.57 bits per heavy atom. The first kappa shape index (κ1) is 18.7. The van der Waals surface area contributed by atoms with Crippen LogP contribution in [0.3, 0.4) is 0 Å². The number of nitrogens with zero attached hydrogens (tertiary/aromatic N) is 3. The van der Waals surface area contributed by atoms with Gasteiger partial charge in [0.2, 0.25) is 5.95 Å². The Kier molecular flexibility index (Phi) is 5.69. The van der Waals surface area contributed by atoms with Gasteiger partial charge >= 0.3 is 0 Å². The second-order valence-corrected chi connectivity index (χ2v) is 6.93. The summed E-state index contributed by atoms with van der Waals surface area (Å²) < 4.78 is 19.6. The van der Waals surface area contributed by atoms with E-state index in [1.807, 2.05) is 42.5 Å². The maximum atomic E-state index is 14.2. The van der Waals surface area contributed by atoms with E-state index < -0.39 is 5.82 Å². The van der Waals surface area contributed by atoms with Gasteiger partial charge in [-0.15, -0.1) is 0 Å². The molecule has 144 valence electrons. The number of nitrogens with one attached hydrogen (secondary N) is 1. The van der Waals surface area contributed by atoms with E-state index in [9.17, 15) is 4.39 Å². The molecule has 1 saturated heterocycles. The lowest BCUT2D eigenvalue weighted by Crippen LogP contribution is -2.36. The smallest absolute Gasteiger partial charge is 0.227 e. The van der Waals surface area contributed by atoms with E-state index in [-0.39, 0.29) is 0 Å². The molecule has 1 fully saturated rings. The first-order valence-electron chi connectivity index (χ1n) is 9.13. The van der Waals surface area contributed by atoms with E-state index in [4.69, 9.17) is 16.3 Å². The molecule has 1 N–H and O–H groups in total. The highest BCUT2D eigenvalue weighted by molar-refractivity contribution is 6.31. The van der Waals surface area contributed by atoms with E-state index in [1.165, 1.54) is 6.20 Å². The van der Waals surface area contributed by atoms with Gasteiger partial charge in [-0.25, -0.2) is 14.4 Å². The van der Waals surface area contributed by atoms with Gasteiger partial charge in [0, 0.05) is 35.9 Å². The highest BCUT2D eigenvalue weighted by atomic mass is 35.5. The summed E-state index contributed by atoms with van der Waals surface area (Å²) >= 11 is 6.18. The van der Waals surface area contributed by atoms with Crippen LogP contribution in [0.2, 0.25) is 5.02 Å². The molecule has 1 aliphatic heterocycles. The summed E-state index contributed by atoms with van der Waals surface area (Å²) in [5.74, 6) is -0.101. The van der Waals surface area contributed by atoms with Gasteiger partial charge in [0.05, 0.1) is 25.1 Å². The van der Waals surface area contributed by atoms with Crippen LogP contribution in [0, 0.1) is 5.82 Å². The molecule has 1 aliphatic rings. The Hall–Kier alpha value is -2.70. The monoisotopic (exact) mass is 398 g/mol. The maximum absolute atomic E-state index is 14.2. The topological polar surface area (TPSA) is 50.3 Å². The lowest BCUT2D eigenvalue weighted by molar-refractivity contribution is 0.122. The molecule has 0 amide bonds. The molecule has 0 radical (unpaired) electrons. The molecule has 0 bridgehead atoms. The third kappa shape index (κ3) is 4.40. The SMILES string of the molecule is Fc1cnc(Nc2ccc(N3CCOCC3)cc2)nc1Cc1ccccc1Cl. The lowest BCUT2D eigenvalue weighted by Gasteiger charge is -2.28. The molecule has 7 heteroatoms. The van der Waals surface area contributed by atoms with Crippen LogP contribution in [-0.2, 0) is 11.2 Å². The van der Waals surface area contributed by atoms with Crippen LogP contribution in [0.5, 0.6) is 0 Å². The summed E-state index contributed by atoms with van der Waals surface area (Å²) in [7, 11) is 0. The largest absolute Gasteiger partial charge is 0.378 e. The average molecular weight is 399 g/mol. The number of rotatable bonds is 5. The quantitative estimate of drug-likeness (QED) is 0.688. The molecule has 3 aromatic rings. The Bertz CT molecular complexity index is 945. The van der Waals surface area contributed by atoms with Gasteiger partial charge < -0.3 is 15.0 Å². The van der Waals surface area contributed by atoms with Crippen LogP contribution in [0.15, 0.2) is 54.7 Å². The van der Waals surface area contributed by atoms with Crippen molar-refractivity contribution in [3.63, 3.8) is 0 Å². The number of morpholine rings is 1. The second-order valence-electron chi connectivity index (χ2n) is 6.53. The molecule has 0 atom stereocenters. The summed E-state index contributed by atoms with van der Waals surface area (Å²) in [5.41, 5.74) is 3.11. The summed E-state index contributed by atoms with van der Waals surface area (Å²) in [5, 5.41) is 3.73. The Balaban J connectivity index is 1.48. The summed E-state index contributed by atoms with van der Waals surface area (Å²) in [6.07, 6.45) is 1.49. The zero-order valence-electron chi connectivity index (χ0n) is 15.2. The number of anilines is 3. The third-order valence-electron chi connectivity index (χ3n) is 4.63. The number of halogens is 2. The minimum atomic E-state index is -0.451. The second kappa shape index (κ2) is 8.54. The first-order valence-corrected chi connectivity index (χ1v) is 9.51. The number of benzene rings is 2. The molecular weight excluding hydrogens is 379 g/mol. The van der Waals surface area contributed by atoms with Crippen molar-refractivity contribution in [1.29, 1.82) is 0 Å². The molecule has 0 aliphatic carbocycles. The number of aromatic nitrogens is 2. The van der Waals surface area contributed by atoms with Crippen molar-refractivity contribution in [2.75, 3.05) is 36.5 Å². The minimum absolute atomic E-state index is 0.301. The summed E-state index contributed by atoms with van der Waals surface area (Å²) in [6, 6.07) is 15.4. The minimum Gasteiger partial charge on any atom is -0.378 e. The Labute approximate surface area is 168 Å². The number of hydrogen-bond acceptors (Lipinski definition) is 5. The predicted octanol–water partition coefficient (Wildman–Crippen LogP) is 4.44. The molecular formula is C21H20ClFN4O. The molecule has 5 nitrogen and oxygen atoms in total. The van der Waals surface area contributed by atoms with Gasteiger partial charge in [-0.1, -0.05) is 29.8 Å². The van der Waals surface area contributed by atoms with Crippen molar-refractivity contribution in [1.82, 2.24) is 9.97 Å². The van der Waals surface area contributed by atoms with Gasteiger partial charge in [0.15, 0.2) is 5.82 Å². The van der Waals surface area contributed by atoms with Crippen LogP contribution in [-0.4, -0.2) is 36.3 Å². The van der Waals surface area contributed by atoms with Crippen molar-refractivity contribution in [3.8, 4) is 0 Å². The molecule has 2 aromatic carbocycles. The molecule has 2 heterocycles. The van der Waals surface area contributed by atoms with Gasteiger partial charge in [-0.3, -0.25) is 0 Å². The van der Waals surface area contributed by atoms with E-state index in [0.717, 1.165) is 43.2 Å². The Morgan fingerprint density at radius 1 is 1.07 bits per heavy atom. The average Bonchev–Trinajstić information content (AvgIpc) is 2.73. The van der Waals surface area contributed by atoms with Crippen LogP contribution in [0.4, 0.5) is 21.7 Å². The van der Waals surface area contributed by atoms with Crippen molar-refractivity contribution < 1.29 is 9.13 Å². The van der Waals surface area contributed by atoms with Gasteiger partial charge in [-0.05, 0) is 35.9 Å². The fourth-order valence-electron chi connectivity index (χ4n) is 3.12. The fourth-order valence-corrected chi connectivity index (χ4v) is 3.32. The van der Waals surface area contributed by atoms with Crippen LogP contribution < -0.4 is 10.2 Å². The molecule has 28 heavy (non-hydrogen) atoms. The third-order valence-corrected chi connectivity index (χ3v) is 5.00. The van der Waals surface area contributed by atoms with E-state index in [0.29, 0.717) is 23.1 Å². The van der Waals surface area contributed by atoms with Gasteiger partial charge in [0.1, 0.15) is 0 Å². The predicted molar refractivity (Wildman–Crippen MR) is 109 cm³/mol. The lowest BCUT2D eigenvalue weighted by atomic mass is 10.1. The molecule has 1 aromatic heterocycles. The van der Waals surface area contributed by atoms with Gasteiger partial charge in [0.25, 0.3) is 0 Å². The maximum Gasteiger partial charge on any atom is 0.227 e. The zero-order chi connectivity index (χ0) is 19.3. The van der Waals surface area contributed by atoms with Crippen molar-refractivity contribution in [3.05, 3.63) is 76.8 Å². The first-order chi connectivity index (χ1) is 13.7. The zero-order valence-corrected chi connectivity index (χ0v) is 16.0. The van der Waals surface area contributed by atoms with Gasteiger partial charge in [-0.2, -0.15) is 0 Å². The molecule has 4 rings (SSSR count). The standard InChI is InChI=1S/C21H20ClFN4O/c22-18-4-2-1-3-15(18)13-20-19(23)14-24-21(26-20)25-16-5-7-17(8-6-16)27-9-11-28-12-10-27/h1-8,14H,9-13H2,(H,24,25,26). The van der Waals surface area contributed by atoms with Crippen LogP contribution in [0.25, 0.3) is 0 Å². The normalized spacial score (nSPS) is 14.1. The molecule has 0 spiro atoms. The highest BCUT2D eigenvalue weighted by Crippen LogP contribution is 2.23. The van der Waals surface area contributed by atoms with Crippen molar-refractivity contribution >= 4 is 28.9 Å². The van der Waals surface area contributed by atoms with Crippen LogP contribution in [0.1, 0.15) is 11.3 Å². The fraction of sp³-hybridized carbons (Fsp3) is 0.238. The molecule has 0 saturated carbocycles. The van der Waals surface area contributed by atoms with E-state index in [2.05, 4.69) is 20.2 Å². The van der Waals surface area contributed by atoms with E-state index >= 15 is 0 Å². The summed E-state index contributed by atoms with van der Waals surface area (Å²) in [4.78, 5) is 10.7. The molecule has 0 unspecified atom stereocenters. The summed E-state index contributed by atoms with van der Waals surface area (Å²) in [6.45, 7) is 3.27. The number of hydrogen-bond donors (Lipinski definition) is 1. The highest BCUT2D eigenvalue weighted by Gasteiger charge is 2.12. The van der Waals surface area contributed by atoms with Crippen molar-refractivity contribution in [2.24, 2.45) is 0 Å². The van der Waals surface area contributed by atoms with Crippen LogP contribution >= 0.6 is 11.6 Å². The number of ether oxygens (including phenoxy) is 1. The van der Waals surface area contributed by atoms with Crippen molar-refractivity contribution in [2.45, 2.75) is 6.42 Å².